The third kappa shape index (κ3) is 6.45. The van der Waals surface area contributed by atoms with Crippen molar-refractivity contribution in [3.63, 3.8) is 0 Å². The molecule has 0 saturated heterocycles. The van der Waals surface area contributed by atoms with E-state index in [1.165, 1.54) is 0 Å². The molecule has 3 N–H and O–H groups in total. The molecule has 0 saturated carbocycles. The highest BCUT2D eigenvalue weighted by molar-refractivity contribution is 5.94. The number of benzene rings is 2. The number of hydrogen-bond donors (Lipinski definition) is 3. The Hall–Kier alpha value is -2.80. The third-order valence-electron chi connectivity index (χ3n) is 3.90. The smallest absolute Gasteiger partial charge is 0.254 e. The molecule has 2 rings (SSSR count). The Morgan fingerprint density at radius 1 is 1.07 bits per heavy atom. The number of carbonyl (C=O) groups excluding carboxylic acids is 2. The lowest BCUT2D eigenvalue weighted by Gasteiger charge is -2.11. The number of rotatable bonds is 9. The van der Waals surface area contributed by atoms with Crippen molar-refractivity contribution in [1.29, 1.82) is 0 Å². The summed E-state index contributed by atoms with van der Waals surface area (Å²) in [6.07, 6.45) is 0.609. The molecule has 0 spiro atoms. The van der Waals surface area contributed by atoms with Gasteiger partial charge in [0.25, 0.3) is 5.91 Å². The van der Waals surface area contributed by atoms with Crippen LogP contribution in [-0.2, 0) is 11.3 Å². The Balaban J connectivity index is 1.77. The fraction of sp³-hybridized carbons (Fsp3) is 0.300. The summed E-state index contributed by atoms with van der Waals surface area (Å²) in [4.78, 5) is 24.0. The Labute approximate surface area is 157 Å². The quantitative estimate of drug-likeness (QED) is 0.590. The van der Waals surface area contributed by atoms with E-state index >= 15 is 0 Å². The van der Waals surface area contributed by atoms with E-state index in [0.717, 1.165) is 29.9 Å². The van der Waals surface area contributed by atoms with Crippen LogP contribution >= 0.6 is 0 Å². The number of para-hydroxylation sites is 1. The van der Waals surface area contributed by atoms with Gasteiger partial charge in [0.05, 0.1) is 5.56 Å². The number of halogens is 2. The summed E-state index contributed by atoms with van der Waals surface area (Å²) in [6, 6.07) is 10.3. The highest BCUT2D eigenvalue weighted by Crippen LogP contribution is 2.15. The molecule has 2 aromatic rings. The van der Waals surface area contributed by atoms with E-state index in [4.69, 9.17) is 0 Å². The van der Waals surface area contributed by atoms with Gasteiger partial charge in [-0.1, -0.05) is 25.1 Å². The van der Waals surface area contributed by atoms with Gasteiger partial charge in [-0.25, -0.2) is 8.78 Å². The maximum absolute atomic E-state index is 13.5. The van der Waals surface area contributed by atoms with E-state index in [2.05, 4.69) is 16.0 Å². The van der Waals surface area contributed by atoms with Crippen LogP contribution in [0.1, 0.15) is 35.7 Å². The molecule has 0 aromatic heterocycles. The van der Waals surface area contributed by atoms with Crippen molar-refractivity contribution in [2.45, 2.75) is 26.3 Å². The summed E-state index contributed by atoms with van der Waals surface area (Å²) in [5.41, 5.74) is 1.52. The van der Waals surface area contributed by atoms with E-state index in [1.807, 2.05) is 31.2 Å². The van der Waals surface area contributed by atoms with E-state index in [0.29, 0.717) is 19.0 Å². The number of amides is 2. The molecule has 0 heterocycles. The molecule has 7 heteroatoms. The van der Waals surface area contributed by atoms with Crippen LogP contribution in [0.4, 0.5) is 14.5 Å². The second-order valence-electron chi connectivity index (χ2n) is 5.97. The summed E-state index contributed by atoms with van der Waals surface area (Å²) < 4.78 is 26.4. The predicted molar refractivity (Wildman–Crippen MR) is 100 cm³/mol. The Morgan fingerprint density at radius 2 is 1.85 bits per heavy atom. The fourth-order valence-corrected chi connectivity index (χ4v) is 2.49. The van der Waals surface area contributed by atoms with Crippen LogP contribution in [0.5, 0.6) is 0 Å². The zero-order chi connectivity index (χ0) is 19.6. The minimum Gasteiger partial charge on any atom is -0.352 e. The molecule has 0 aliphatic rings. The van der Waals surface area contributed by atoms with Crippen molar-refractivity contribution >= 4 is 17.5 Å². The lowest BCUT2D eigenvalue weighted by atomic mass is 10.1. The molecular weight excluding hydrogens is 352 g/mol. The van der Waals surface area contributed by atoms with Gasteiger partial charge in [-0.05, 0) is 36.7 Å². The molecule has 5 nitrogen and oxygen atoms in total. The Morgan fingerprint density at radius 3 is 2.59 bits per heavy atom. The first-order valence-corrected chi connectivity index (χ1v) is 8.83. The Bertz CT molecular complexity index is 797. The molecule has 0 bridgehead atoms. The predicted octanol–water partition coefficient (Wildman–Crippen LogP) is 3.22. The number of anilines is 1. The topological polar surface area (TPSA) is 70.2 Å². The van der Waals surface area contributed by atoms with Crippen LogP contribution in [0.25, 0.3) is 0 Å². The maximum Gasteiger partial charge on any atom is 0.254 e. The minimum atomic E-state index is -0.914. The highest BCUT2D eigenvalue weighted by atomic mass is 19.1. The van der Waals surface area contributed by atoms with Crippen LogP contribution in [-0.4, -0.2) is 24.9 Å². The summed E-state index contributed by atoms with van der Waals surface area (Å²) >= 11 is 0. The first-order valence-electron chi connectivity index (χ1n) is 8.83. The van der Waals surface area contributed by atoms with Crippen molar-refractivity contribution in [1.82, 2.24) is 10.6 Å². The molecule has 2 aromatic carbocycles. The molecule has 0 fully saturated rings. The molecule has 0 unspecified atom stereocenters. The molecular formula is C20H23F2N3O2. The lowest BCUT2D eigenvalue weighted by Crippen LogP contribution is -2.26. The van der Waals surface area contributed by atoms with Crippen molar-refractivity contribution in [3.05, 3.63) is 65.2 Å². The van der Waals surface area contributed by atoms with Crippen LogP contribution in [0.15, 0.2) is 42.5 Å². The monoisotopic (exact) mass is 375 g/mol. The van der Waals surface area contributed by atoms with Crippen molar-refractivity contribution < 1.29 is 18.4 Å². The third-order valence-corrected chi connectivity index (χ3v) is 3.90. The van der Waals surface area contributed by atoms with Gasteiger partial charge < -0.3 is 16.0 Å². The maximum atomic E-state index is 13.5. The summed E-state index contributed by atoms with van der Waals surface area (Å²) in [7, 11) is 0. The molecule has 0 aliphatic carbocycles. The molecule has 0 radical (unpaired) electrons. The van der Waals surface area contributed by atoms with E-state index in [1.54, 1.807) is 0 Å². The molecule has 144 valence electrons. The van der Waals surface area contributed by atoms with E-state index in [-0.39, 0.29) is 24.4 Å². The van der Waals surface area contributed by atoms with Crippen LogP contribution in [0, 0.1) is 11.6 Å². The normalized spacial score (nSPS) is 10.5. The number of hydrogen-bond acceptors (Lipinski definition) is 3. The van der Waals surface area contributed by atoms with Gasteiger partial charge in [0, 0.05) is 31.3 Å². The minimum absolute atomic E-state index is 0.166. The molecule has 0 aliphatic heterocycles. The van der Waals surface area contributed by atoms with Gasteiger partial charge in [-0.3, -0.25) is 9.59 Å². The van der Waals surface area contributed by atoms with Crippen LogP contribution in [0.3, 0.4) is 0 Å². The molecule has 27 heavy (non-hydrogen) atoms. The van der Waals surface area contributed by atoms with Gasteiger partial charge in [0.15, 0.2) is 0 Å². The first kappa shape index (κ1) is 20.5. The number of carbonyl (C=O) groups is 2. The zero-order valence-electron chi connectivity index (χ0n) is 15.1. The van der Waals surface area contributed by atoms with Crippen molar-refractivity contribution in [3.8, 4) is 0 Å². The summed E-state index contributed by atoms with van der Waals surface area (Å²) in [5, 5.41) is 8.60. The van der Waals surface area contributed by atoms with Crippen molar-refractivity contribution in [2.24, 2.45) is 0 Å². The average molecular weight is 375 g/mol. The van der Waals surface area contributed by atoms with Crippen LogP contribution < -0.4 is 16.0 Å². The van der Waals surface area contributed by atoms with E-state index in [9.17, 15) is 18.4 Å². The lowest BCUT2D eigenvalue weighted by molar-refractivity contribution is -0.116. The standard InChI is InChI=1S/C20H23F2N3O2/c1-2-23-13-14-6-3-4-7-18(14)25-19(26)8-5-11-24-20(27)16-10-9-15(21)12-17(16)22/h3-4,6-7,9-10,12,23H,2,5,8,11,13H2,1H3,(H,24,27)(H,25,26). The van der Waals surface area contributed by atoms with E-state index < -0.39 is 17.5 Å². The van der Waals surface area contributed by atoms with Gasteiger partial charge in [0.2, 0.25) is 5.91 Å². The largest absolute Gasteiger partial charge is 0.352 e. The van der Waals surface area contributed by atoms with Gasteiger partial charge in [0.1, 0.15) is 11.6 Å². The second-order valence-corrected chi connectivity index (χ2v) is 5.97. The fourth-order valence-electron chi connectivity index (χ4n) is 2.49. The number of nitrogens with one attached hydrogen (secondary N) is 3. The first-order chi connectivity index (χ1) is 13.0. The summed E-state index contributed by atoms with van der Waals surface area (Å²) in [6.45, 7) is 3.71. The van der Waals surface area contributed by atoms with Gasteiger partial charge >= 0.3 is 0 Å². The Kier molecular flexibility index (Phi) is 7.88. The summed E-state index contributed by atoms with van der Waals surface area (Å²) in [5.74, 6) is -2.46. The van der Waals surface area contributed by atoms with Gasteiger partial charge in [-0.2, -0.15) is 0 Å². The second kappa shape index (κ2) is 10.4. The zero-order valence-corrected chi connectivity index (χ0v) is 15.1. The SMILES string of the molecule is CCNCc1ccccc1NC(=O)CCCNC(=O)c1ccc(F)cc1F. The van der Waals surface area contributed by atoms with Gasteiger partial charge in [-0.15, -0.1) is 0 Å². The van der Waals surface area contributed by atoms with Crippen molar-refractivity contribution in [2.75, 3.05) is 18.4 Å². The van der Waals surface area contributed by atoms with Crippen LogP contribution in [0.2, 0.25) is 0 Å². The molecule has 0 atom stereocenters. The highest BCUT2D eigenvalue weighted by Gasteiger charge is 2.12. The molecule has 2 amide bonds. The average Bonchev–Trinajstić information content (AvgIpc) is 2.64.